The first-order valence-electron chi connectivity index (χ1n) is 8.15. The molecule has 1 unspecified atom stereocenters. The summed E-state index contributed by atoms with van der Waals surface area (Å²) in [5, 5.41) is 0. The van der Waals surface area contributed by atoms with Gasteiger partial charge in [0.15, 0.2) is 0 Å². The first-order chi connectivity index (χ1) is 11.3. The molecule has 0 radical (unpaired) electrons. The third-order valence-corrected chi connectivity index (χ3v) is 5.07. The van der Waals surface area contributed by atoms with E-state index < -0.39 is 0 Å². The van der Waals surface area contributed by atoms with Gasteiger partial charge in [0.25, 0.3) is 0 Å². The maximum absolute atomic E-state index is 2.28. The van der Waals surface area contributed by atoms with Gasteiger partial charge in [0.2, 0.25) is 0 Å². The van der Waals surface area contributed by atoms with Crippen LogP contribution in [0.1, 0.15) is 29.2 Å². The van der Waals surface area contributed by atoms with Gasteiger partial charge in [-0.05, 0) is 47.2 Å². The van der Waals surface area contributed by atoms with Crippen molar-refractivity contribution in [1.29, 1.82) is 0 Å². The molecule has 0 bridgehead atoms. The highest BCUT2D eigenvalue weighted by Crippen LogP contribution is 2.63. The van der Waals surface area contributed by atoms with Crippen LogP contribution in [0.3, 0.4) is 0 Å². The van der Waals surface area contributed by atoms with Crippen LogP contribution in [0.5, 0.6) is 0 Å². The van der Waals surface area contributed by atoms with Gasteiger partial charge < -0.3 is 0 Å². The molecule has 23 heavy (non-hydrogen) atoms. The Labute approximate surface area is 138 Å². The highest BCUT2D eigenvalue weighted by Gasteiger charge is 2.53. The Morgan fingerprint density at radius 2 is 1.17 bits per heavy atom. The van der Waals surface area contributed by atoms with E-state index in [2.05, 4.69) is 98.8 Å². The summed E-state index contributed by atoms with van der Waals surface area (Å²) in [5.74, 6) is 0. The van der Waals surface area contributed by atoms with Gasteiger partial charge in [-0.15, -0.1) is 0 Å². The molecular formula is C23H20. The summed E-state index contributed by atoms with van der Waals surface area (Å²) in [6.07, 6.45) is 0. The van der Waals surface area contributed by atoms with Gasteiger partial charge in [0.05, 0.1) is 5.41 Å². The molecule has 0 N–H and O–H groups in total. The second-order valence-electron chi connectivity index (χ2n) is 6.30. The molecule has 0 nitrogen and oxygen atoms in total. The normalized spacial score (nSPS) is 19.7. The first kappa shape index (κ1) is 14.0. The summed E-state index contributed by atoms with van der Waals surface area (Å²) in [6.45, 7) is 4.50. The average molecular weight is 296 g/mol. The largest absolute Gasteiger partial charge is 0.0673 e. The SMILES string of the molecule is CC1=C(c2ccccc2)C1(c1ccccc1)c1ccccc1C. The molecule has 0 amide bonds. The maximum Gasteiger partial charge on any atom is 0.0673 e. The lowest BCUT2D eigenvalue weighted by atomic mass is 9.78. The van der Waals surface area contributed by atoms with E-state index in [-0.39, 0.29) is 5.41 Å². The Balaban J connectivity index is 1.95. The van der Waals surface area contributed by atoms with Crippen LogP contribution in [0.25, 0.3) is 5.57 Å². The second-order valence-corrected chi connectivity index (χ2v) is 6.30. The molecule has 3 aromatic rings. The van der Waals surface area contributed by atoms with E-state index in [1.807, 2.05) is 0 Å². The molecule has 1 aliphatic carbocycles. The molecule has 1 atom stereocenters. The lowest BCUT2D eigenvalue weighted by molar-refractivity contribution is 0.891. The molecule has 0 aliphatic heterocycles. The minimum absolute atomic E-state index is 0.0616. The standard InChI is InChI=1S/C23H20/c1-17-11-9-10-16-21(17)23(20-14-7-4-8-15-20)18(2)22(23)19-12-5-3-6-13-19/h3-16H,1-2H3. The van der Waals surface area contributed by atoms with Crippen molar-refractivity contribution in [3.63, 3.8) is 0 Å². The molecule has 0 heteroatoms. The lowest BCUT2D eigenvalue weighted by Gasteiger charge is -2.24. The van der Waals surface area contributed by atoms with E-state index in [1.54, 1.807) is 0 Å². The lowest BCUT2D eigenvalue weighted by Crippen LogP contribution is -2.16. The van der Waals surface area contributed by atoms with E-state index in [9.17, 15) is 0 Å². The fourth-order valence-electron chi connectivity index (χ4n) is 3.98. The summed E-state index contributed by atoms with van der Waals surface area (Å²) in [7, 11) is 0. The molecule has 0 fully saturated rings. The molecule has 1 aliphatic rings. The van der Waals surface area contributed by atoms with Crippen LogP contribution in [0.4, 0.5) is 0 Å². The number of aryl methyl sites for hydroxylation is 1. The van der Waals surface area contributed by atoms with Gasteiger partial charge in [-0.2, -0.15) is 0 Å². The fraction of sp³-hybridized carbons (Fsp3) is 0.130. The fourth-order valence-corrected chi connectivity index (χ4v) is 3.98. The van der Waals surface area contributed by atoms with Gasteiger partial charge in [-0.1, -0.05) is 84.9 Å². The van der Waals surface area contributed by atoms with Gasteiger partial charge in [0, 0.05) is 0 Å². The zero-order valence-corrected chi connectivity index (χ0v) is 13.6. The molecule has 0 saturated heterocycles. The van der Waals surface area contributed by atoms with Gasteiger partial charge in [0.1, 0.15) is 0 Å². The number of benzene rings is 3. The van der Waals surface area contributed by atoms with E-state index >= 15 is 0 Å². The smallest absolute Gasteiger partial charge is 0.0622 e. The van der Waals surface area contributed by atoms with Crippen molar-refractivity contribution in [2.24, 2.45) is 0 Å². The summed E-state index contributed by atoms with van der Waals surface area (Å²) < 4.78 is 0. The Bertz CT molecular complexity index is 872. The van der Waals surface area contributed by atoms with Crippen molar-refractivity contribution in [2.45, 2.75) is 19.3 Å². The van der Waals surface area contributed by atoms with Crippen LogP contribution in [-0.2, 0) is 5.41 Å². The molecule has 3 aromatic carbocycles. The Morgan fingerprint density at radius 3 is 1.83 bits per heavy atom. The third-order valence-electron chi connectivity index (χ3n) is 5.07. The van der Waals surface area contributed by atoms with E-state index in [1.165, 1.54) is 33.4 Å². The molecule has 112 valence electrons. The summed E-state index contributed by atoms with van der Waals surface area (Å²) in [5.41, 5.74) is 8.31. The zero-order chi connectivity index (χ0) is 15.9. The minimum Gasteiger partial charge on any atom is -0.0622 e. The number of allylic oxidation sites excluding steroid dienone is 2. The molecule has 4 rings (SSSR count). The van der Waals surface area contributed by atoms with E-state index in [0.29, 0.717) is 0 Å². The monoisotopic (exact) mass is 296 g/mol. The topological polar surface area (TPSA) is 0 Å². The summed E-state index contributed by atoms with van der Waals surface area (Å²) in [4.78, 5) is 0. The van der Waals surface area contributed by atoms with Crippen LogP contribution < -0.4 is 0 Å². The van der Waals surface area contributed by atoms with Gasteiger partial charge >= 0.3 is 0 Å². The summed E-state index contributed by atoms with van der Waals surface area (Å²) in [6, 6.07) is 30.4. The predicted molar refractivity (Wildman–Crippen MR) is 97.4 cm³/mol. The van der Waals surface area contributed by atoms with Crippen LogP contribution in [0, 0.1) is 6.92 Å². The Hall–Kier alpha value is -2.60. The highest BCUT2D eigenvalue weighted by molar-refractivity contribution is 5.99. The number of hydrogen-bond donors (Lipinski definition) is 0. The van der Waals surface area contributed by atoms with Crippen molar-refractivity contribution in [3.8, 4) is 0 Å². The van der Waals surface area contributed by atoms with Crippen molar-refractivity contribution in [3.05, 3.63) is 113 Å². The molecule has 0 heterocycles. The molecule has 0 spiro atoms. The number of hydrogen-bond acceptors (Lipinski definition) is 0. The van der Waals surface area contributed by atoms with Crippen LogP contribution >= 0.6 is 0 Å². The van der Waals surface area contributed by atoms with Crippen LogP contribution in [0.15, 0.2) is 90.5 Å². The average Bonchev–Trinajstić information content (AvgIpc) is 3.23. The predicted octanol–water partition coefficient (Wildman–Crippen LogP) is 5.77. The van der Waals surface area contributed by atoms with Crippen molar-refractivity contribution >= 4 is 5.57 Å². The van der Waals surface area contributed by atoms with Crippen LogP contribution in [0.2, 0.25) is 0 Å². The highest BCUT2D eigenvalue weighted by atomic mass is 14.5. The first-order valence-corrected chi connectivity index (χ1v) is 8.15. The van der Waals surface area contributed by atoms with Crippen molar-refractivity contribution in [2.75, 3.05) is 0 Å². The zero-order valence-electron chi connectivity index (χ0n) is 13.6. The van der Waals surface area contributed by atoms with E-state index in [0.717, 1.165) is 0 Å². The minimum atomic E-state index is -0.0616. The van der Waals surface area contributed by atoms with Crippen molar-refractivity contribution < 1.29 is 0 Å². The quantitative estimate of drug-likeness (QED) is 0.575. The van der Waals surface area contributed by atoms with Gasteiger partial charge in [-0.25, -0.2) is 0 Å². The van der Waals surface area contributed by atoms with Crippen LogP contribution in [-0.4, -0.2) is 0 Å². The maximum atomic E-state index is 2.28. The second kappa shape index (κ2) is 5.24. The van der Waals surface area contributed by atoms with E-state index in [4.69, 9.17) is 0 Å². The Kier molecular flexibility index (Phi) is 3.20. The molecule has 0 saturated carbocycles. The summed E-state index contributed by atoms with van der Waals surface area (Å²) >= 11 is 0. The Morgan fingerprint density at radius 1 is 0.609 bits per heavy atom. The number of rotatable bonds is 3. The third kappa shape index (κ3) is 1.98. The molecule has 0 aromatic heterocycles. The molecular weight excluding hydrogens is 276 g/mol. The van der Waals surface area contributed by atoms with Gasteiger partial charge in [-0.3, -0.25) is 0 Å². The van der Waals surface area contributed by atoms with Crippen molar-refractivity contribution in [1.82, 2.24) is 0 Å².